The van der Waals surface area contributed by atoms with E-state index in [4.69, 9.17) is 10.2 Å². The first-order valence-electron chi connectivity index (χ1n) is 3.67. The number of nitrogens with two attached hydrogens (primary N) is 1. The zero-order valence-electron chi connectivity index (χ0n) is 6.93. The lowest BCUT2D eigenvalue weighted by Gasteiger charge is -1.80. The molecule has 1 rings (SSSR count). The normalized spacial score (nSPS) is 8.73. The maximum atomic E-state index is 5.25. The minimum atomic E-state index is 0.464. The van der Waals surface area contributed by atoms with Gasteiger partial charge in [-0.05, 0) is 22.0 Å². The van der Waals surface area contributed by atoms with Crippen LogP contribution in [0.1, 0.15) is 26.0 Å². The van der Waals surface area contributed by atoms with Gasteiger partial charge in [0.25, 0.3) is 0 Å². The molecule has 2 N–H and O–H groups in total. The molecular weight excluding hydrogens is 206 g/mol. The molecule has 0 aliphatic carbocycles. The average molecular weight is 220 g/mol. The SMILES string of the molecule is CCC.NCc1cc(Br)co1. The summed E-state index contributed by atoms with van der Waals surface area (Å²) in [6, 6.07) is 1.85. The largest absolute Gasteiger partial charge is 0.467 e. The molecule has 0 fully saturated rings. The Kier molecular flexibility index (Phi) is 6.27. The predicted octanol–water partition coefficient (Wildman–Crippen LogP) is 2.92. The zero-order valence-corrected chi connectivity index (χ0v) is 8.52. The number of rotatable bonds is 1. The number of hydrogen-bond acceptors (Lipinski definition) is 2. The van der Waals surface area contributed by atoms with Gasteiger partial charge in [0, 0.05) is 0 Å². The van der Waals surface area contributed by atoms with Crippen LogP contribution in [-0.4, -0.2) is 0 Å². The van der Waals surface area contributed by atoms with Gasteiger partial charge in [-0.15, -0.1) is 0 Å². The molecule has 0 bridgehead atoms. The van der Waals surface area contributed by atoms with E-state index < -0.39 is 0 Å². The van der Waals surface area contributed by atoms with Crippen molar-refractivity contribution in [3.05, 3.63) is 22.6 Å². The summed E-state index contributed by atoms with van der Waals surface area (Å²) in [7, 11) is 0. The Hall–Kier alpha value is -0.280. The molecule has 0 spiro atoms. The molecule has 0 aliphatic rings. The van der Waals surface area contributed by atoms with E-state index in [9.17, 15) is 0 Å². The van der Waals surface area contributed by atoms with Crippen LogP contribution >= 0.6 is 15.9 Å². The van der Waals surface area contributed by atoms with Crippen molar-refractivity contribution in [1.29, 1.82) is 0 Å². The van der Waals surface area contributed by atoms with E-state index in [0.717, 1.165) is 10.2 Å². The van der Waals surface area contributed by atoms with Crippen LogP contribution in [0.3, 0.4) is 0 Å². The van der Waals surface area contributed by atoms with Gasteiger partial charge in [-0.2, -0.15) is 0 Å². The third kappa shape index (κ3) is 5.04. The predicted molar refractivity (Wildman–Crippen MR) is 50.3 cm³/mol. The van der Waals surface area contributed by atoms with Crippen LogP contribution in [0.5, 0.6) is 0 Å². The quantitative estimate of drug-likeness (QED) is 0.790. The van der Waals surface area contributed by atoms with Crippen molar-refractivity contribution in [2.45, 2.75) is 26.8 Å². The fourth-order valence-electron chi connectivity index (χ4n) is 0.461. The third-order valence-electron chi connectivity index (χ3n) is 0.823. The lowest BCUT2D eigenvalue weighted by molar-refractivity contribution is 0.511. The number of hydrogen-bond donors (Lipinski definition) is 1. The topological polar surface area (TPSA) is 39.2 Å². The smallest absolute Gasteiger partial charge is 0.118 e. The van der Waals surface area contributed by atoms with E-state index in [1.54, 1.807) is 6.26 Å². The van der Waals surface area contributed by atoms with Crippen molar-refractivity contribution in [2.75, 3.05) is 0 Å². The van der Waals surface area contributed by atoms with E-state index in [1.807, 2.05) is 6.07 Å². The molecule has 0 saturated heterocycles. The molecule has 0 saturated carbocycles. The minimum Gasteiger partial charge on any atom is -0.467 e. The van der Waals surface area contributed by atoms with Crippen LogP contribution in [0.2, 0.25) is 0 Å². The molecule has 0 radical (unpaired) electrons. The standard InChI is InChI=1S/C5H6BrNO.C3H8/c6-4-1-5(2-7)8-3-4;1-3-2/h1,3H,2,7H2;3H2,1-2H3. The van der Waals surface area contributed by atoms with Crippen molar-refractivity contribution in [2.24, 2.45) is 5.73 Å². The molecule has 0 aromatic carbocycles. The second-order valence-electron chi connectivity index (χ2n) is 2.14. The summed E-state index contributed by atoms with van der Waals surface area (Å²) >= 11 is 3.22. The first kappa shape index (κ1) is 10.7. The first-order chi connectivity index (χ1) is 5.24. The van der Waals surface area contributed by atoms with E-state index in [0.29, 0.717) is 6.54 Å². The van der Waals surface area contributed by atoms with Gasteiger partial charge in [-0.25, -0.2) is 0 Å². The highest BCUT2D eigenvalue weighted by molar-refractivity contribution is 9.10. The Labute approximate surface area is 75.9 Å². The van der Waals surface area contributed by atoms with Gasteiger partial charge in [0.15, 0.2) is 0 Å². The molecule has 1 heterocycles. The summed E-state index contributed by atoms with van der Waals surface area (Å²) in [4.78, 5) is 0. The fourth-order valence-corrected chi connectivity index (χ4v) is 0.810. The van der Waals surface area contributed by atoms with Crippen molar-refractivity contribution in [3.8, 4) is 0 Å². The Morgan fingerprint density at radius 3 is 2.27 bits per heavy atom. The highest BCUT2D eigenvalue weighted by atomic mass is 79.9. The van der Waals surface area contributed by atoms with Crippen LogP contribution in [0, 0.1) is 0 Å². The molecule has 0 atom stereocenters. The van der Waals surface area contributed by atoms with E-state index >= 15 is 0 Å². The third-order valence-corrected chi connectivity index (χ3v) is 1.24. The van der Waals surface area contributed by atoms with Crippen molar-refractivity contribution in [3.63, 3.8) is 0 Å². The average Bonchev–Trinajstić information content (AvgIpc) is 2.37. The number of furan rings is 1. The molecule has 1 aromatic heterocycles. The molecule has 3 heteroatoms. The molecule has 0 amide bonds. The minimum absolute atomic E-state index is 0.464. The molecule has 0 unspecified atom stereocenters. The van der Waals surface area contributed by atoms with Crippen LogP contribution in [0.15, 0.2) is 21.2 Å². The Balaban J connectivity index is 0.000000292. The summed E-state index contributed by atoms with van der Waals surface area (Å²) in [6.07, 6.45) is 2.86. The second kappa shape index (κ2) is 6.43. The molecule has 1 aromatic rings. The number of halogens is 1. The van der Waals surface area contributed by atoms with E-state index in [1.165, 1.54) is 6.42 Å². The summed E-state index contributed by atoms with van der Waals surface area (Å²) in [5.74, 6) is 0.803. The van der Waals surface area contributed by atoms with Crippen molar-refractivity contribution < 1.29 is 4.42 Å². The molecule has 0 aliphatic heterocycles. The summed E-state index contributed by atoms with van der Waals surface area (Å²) < 4.78 is 5.88. The van der Waals surface area contributed by atoms with E-state index in [2.05, 4.69) is 29.8 Å². The Morgan fingerprint density at radius 2 is 2.09 bits per heavy atom. The molecule has 64 valence electrons. The Bertz CT molecular complexity index is 186. The second-order valence-corrected chi connectivity index (χ2v) is 3.06. The van der Waals surface area contributed by atoms with Crippen LogP contribution < -0.4 is 5.73 Å². The zero-order chi connectivity index (χ0) is 8.69. The van der Waals surface area contributed by atoms with Crippen LogP contribution in [0.4, 0.5) is 0 Å². The van der Waals surface area contributed by atoms with Gasteiger partial charge in [-0.3, -0.25) is 0 Å². The van der Waals surface area contributed by atoms with Gasteiger partial charge < -0.3 is 10.2 Å². The van der Waals surface area contributed by atoms with Crippen LogP contribution in [-0.2, 0) is 6.54 Å². The lowest BCUT2D eigenvalue weighted by atomic mass is 10.5. The van der Waals surface area contributed by atoms with Gasteiger partial charge in [0.2, 0.25) is 0 Å². The highest BCUT2D eigenvalue weighted by Crippen LogP contribution is 2.12. The summed E-state index contributed by atoms with van der Waals surface area (Å²) in [6.45, 7) is 4.71. The van der Waals surface area contributed by atoms with Gasteiger partial charge in [0.1, 0.15) is 12.0 Å². The highest BCUT2D eigenvalue weighted by Gasteiger charge is 1.92. The molecular formula is C8H14BrNO. The van der Waals surface area contributed by atoms with Gasteiger partial charge in [-0.1, -0.05) is 20.3 Å². The van der Waals surface area contributed by atoms with Crippen molar-refractivity contribution >= 4 is 15.9 Å². The summed E-state index contributed by atoms with van der Waals surface area (Å²) in [5.41, 5.74) is 5.25. The van der Waals surface area contributed by atoms with Gasteiger partial charge >= 0.3 is 0 Å². The van der Waals surface area contributed by atoms with Crippen molar-refractivity contribution in [1.82, 2.24) is 0 Å². The van der Waals surface area contributed by atoms with Gasteiger partial charge in [0.05, 0.1) is 11.0 Å². The fraction of sp³-hybridized carbons (Fsp3) is 0.500. The maximum Gasteiger partial charge on any atom is 0.118 e. The van der Waals surface area contributed by atoms with Crippen LogP contribution in [0.25, 0.3) is 0 Å². The van der Waals surface area contributed by atoms with E-state index in [-0.39, 0.29) is 0 Å². The monoisotopic (exact) mass is 219 g/mol. The Morgan fingerprint density at radius 1 is 1.55 bits per heavy atom. The maximum absolute atomic E-state index is 5.25. The first-order valence-corrected chi connectivity index (χ1v) is 4.46. The summed E-state index contributed by atoms with van der Waals surface area (Å²) in [5, 5.41) is 0. The molecule has 2 nitrogen and oxygen atoms in total. The lowest BCUT2D eigenvalue weighted by Crippen LogP contribution is -1.92. The molecule has 11 heavy (non-hydrogen) atoms.